The van der Waals surface area contributed by atoms with Crippen LogP contribution >= 0.6 is 0 Å². The van der Waals surface area contributed by atoms with Crippen LogP contribution in [0.25, 0.3) is 0 Å². The number of ether oxygens (including phenoxy) is 1. The molecule has 17 heavy (non-hydrogen) atoms. The number of hydrogen-bond acceptors (Lipinski definition) is 5. The summed E-state index contributed by atoms with van der Waals surface area (Å²) >= 11 is 0. The van der Waals surface area contributed by atoms with Crippen LogP contribution in [0.3, 0.4) is 0 Å². The van der Waals surface area contributed by atoms with Crippen molar-refractivity contribution in [3.8, 4) is 0 Å². The van der Waals surface area contributed by atoms with E-state index in [-0.39, 0.29) is 31.9 Å². The molecule has 0 aromatic heterocycles. The Balaban J connectivity index is 3.74. The lowest BCUT2D eigenvalue weighted by Gasteiger charge is -2.05. The lowest BCUT2D eigenvalue weighted by Crippen LogP contribution is -2.42. The number of hydrogen-bond donors (Lipinski definition) is 2. The van der Waals surface area contributed by atoms with E-state index in [4.69, 9.17) is 0 Å². The van der Waals surface area contributed by atoms with Crippen LogP contribution < -0.4 is 10.6 Å². The van der Waals surface area contributed by atoms with Gasteiger partial charge in [0, 0.05) is 6.54 Å². The average molecular weight is 244 g/mol. The van der Waals surface area contributed by atoms with E-state index in [1.165, 1.54) is 6.92 Å². The topological polar surface area (TPSA) is 102 Å². The molecule has 0 fully saturated rings. The molecule has 0 unspecified atom stereocenters. The first-order valence-electron chi connectivity index (χ1n) is 5.18. The van der Waals surface area contributed by atoms with Crippen molar-refractivity contribution in [1.82, 2.24) is 10.6 Å². The van der Waals surface area contributed by atoms with Gasteiger partial charge in [-0.3, -0.25) is 19.2 Å². The number of Topliss-reactive ketones (excluding diaryl/α,β-unsaturated/α-hetero) is 1. The summed E-state index contributed by atoms with van der Waals surface area (Å²) < 4.78 is 4.63. The molecule has 2 N–H and O–H groups in total. The highest BCUT2D eigenvalue weighted by atomic mass is 16.5. The van der Waals surface area contributed by atoms with Gasteiger partial charge >= 0.3 is 17.8 Å². The summed E-state index contributed by atoms with van der Waals surface area (Å²) in [6, 6.07) is 0. The van der Waals surface area contributed by atoms with E-state index >= 15 is 0 Å². The molecule has 0 aliphatic heterocycles. The second-order valence-electron chi connectivity index (χ2n) is 3.20. The van der Waals surface area contributed by atoms with Gasteiger partial charge in [-0.25, -0.2) is 0 Å². The molecule has 0 aliphatic rings. The molecule has 0 aliphatic carbocycles. The summed E-state index contributed by atoms with van der Waals surface area (Å²) in [5.41, 5.74) is 0. The van der Waals surface area contributed by atoms with Gasteiger partial charge in [-0.05, 0) is 13.8 Å². The van der Waals surface area contributed by atoms with Crippen molar-refractivity contribution >= 4 is 23.6 Å². The highest BCUT2D eigenvalue weighted by Crippen LogP contribution is 1.84. The van der Waals surface area contributed by atoms with E-state index in [0.29, 0.717) is 0 Å². The zero-order valence-electron chi connectivity index (χ0n) is 9.87. The largest absolute Gasteiger partial charge is 0.466 e. The predicted molar refractivity (Wildman–Crippen MR) is 58.0 cm³/mol. The first kappa shape index (κ1) is 15.1. The Hall–Kier alpha value is -1.92. The maximum absolute atomic E-state index is 11.1. The van der Waals surface area contributed by atoms with Crippen LogP contribution in [0.15, 0.2) is 0 Å². The summed E-state index contributed by atoms with van der Waals surface area (Å²) in [5, 5.41) is 4.36. The van der Waals surface area contributed by atoms with Gasteiger partial charge in [0.05, 0.1) is 19.6 Å². The van der Waals surface area contributed by atoms with Crippen molar-refractivity contribution < 1.29 is 23.9 Å². The van der Waals surface area contributed by atoms with E-state index in [9.17, 15) is 19.2 Å². The second-order valence-corrected chi connectivity index (χ2v) is 3.20. The molecular formula is C10H16N2O5. The average Bonchev–Trinajstić information content (AvgIpc) is 2.25. The molecule has 0 bridgehead atoms. The van der Waals surface area contributed by atoms with Crippen LogP contribution in [-0.4, -0.2) is 43.3 Å². The molecule has 0 radical (unpaired) electrons. The van der Waals surface area contributed by atoms with Crippen LogP contribution in [0.2, 0.25) is 0 Å². The zero-order chi connectivity index (χ0) is 13.3. The number of carbonyl (C=O) groups is 4. The lowest BCUT2D eigenvalue weighted by molar-refractivity contribution is -0.143. The zero-order valence-corrected chi connectivity index (χ0v) is 9.87. The SMILES string of the molecule is CCOC(=O)CCNC(=O)C(=O)NCC(C)=O. The second kappa shape index (κ2) is 8.26. The predicted octanol–water partition coefficient (Wildman–Crippen LogP) is -1.24. The molecule has 0 rings (SSSR count). The number of amides is 2. The maximum Gasteiger partial charge on any atom is 0.309 e. The van der Waals surface area contributed by atoms with Crippen LogP contribution in [0, 0.1) is 0 Å². The Labute approximate surface area is 98.9 Å². The van der Waals surface area contributed by atoms with Crippen LogP contribution in [0.4, 0.5) is 0 Å². The normalized spacial score (nSPS) is 9.29. The third-order valence-corrected chi connectivity index (χ3v) is 1.62. The third kappa shape index (κ3) is 7.95. The molecule has 7 heteroatoms. The standard InChI is InChI=1S/C10H16N2O5/c1-3-17-8(14)4-5-11-9(15)10(16)12-6-7(2)13/h3-6H2,1-2H3,(H,11,15)(H,12,16). The molecule has 0 spiro atoms. The van der Waals surface area contributed by atoms with Gasteiger partial charge in [-0.2, -0.15) is 0 Å². The highest BCUT2D eigenvalue weighted by molar-refractivity contribution is 6.35. The fourth-order valence-electron chi connectivity index (χ4n) is 0.877. The number of esters is 1. The molecule has 0 aromatic rings. The maximum atomic E-state index is 11.1. The Kier molecular flexibility index (Phi) is 7.32. The minimum atomic E-state index is -0.899. The molecular weight excluding hydrogens is 228 g/mol. The minimum absolute atomic E-state index is 0.000428. The van der Waals surface area contributed by atoms with Crippen molar-refractivity contribution in [2.24, 2.45) is 0 Å². The smallest absolute Gasteiger partial charge is 0.309 e. The fraction of sp³-hybridized carbons (Fsp3) is 0.600. The molecule has 96 valence electrons. The Bertz CT molecular complexity index is 314. The van der Waals surface area contributed by atoms with E-state index < -0.39 is 17.8 Å². The van der Waals surface area contributed by atoms with Crippen molar-refractivity contribution in [3.05, 3.63) is 0 Å². The van der Waals surface area contributed by atoms with Crippen molar-refractivity contribution in [2.45, 2.75) is 20.3 Å². The fourth-order valence-corrected chi connectivity index (χ4v) is 0.877. The minimum Gasteiger partial charge on any atom is -0.466 e. The van der Waals surface area contributed by atoms with Crippen molar-refractivity contribution in [2.75, 3.05) is 19.7 Å². The number of ketones is 1. The van der Waals surface area contributed by atoms with E-state index in [1.807, 2.05) is 0 Å². The van der Waals surface area contributed by atoms with Gasteiger partial charge in [0.15, 0.2) is 0 Å². The summed E-state index contributed by atoms with van der Waals surface area (Å²) in [6.45, 7) is 3.06. The first-order valence-corrected chi connectivity index (χ1v) is 5.18. The highest BCUT2D eigenvalue weighted by Gasteiger charge is 2.13. The molecule has 0 saturated heterocycles. The van der Waals surface area contributed by atoms with E-state index in [2.05, 4.69) is 15.4 Å². The molecule has 0 atom stereocenters. The van der Waals surface area contributed by atoms with Gasteiger partial charge in [0.1, 0.15) is 5.78 Å². The molecule has 0 saturated carbocycles. The first-order chi connectivity index (χ1) is 7.97. The Morgan fingerprint density at radius 1 is 1.06 bits per heavy atom. The molecule has 0 aromatic carbocycles. The number of nitrogens with one attached hydrogen (secondary N) is 2. The van der Waals surface area contributed by atoms with Crippen LogP contribution in [0.5, 0.6) is 0 Å². The van der Waals surface area contributed by atoms with Crippen molar-refractivity contribution in [3.63, 3.8) is 0 Å². The third-order valence-electron chi connectivity index (χ3n) is 1.62. The molecule has 7 nitrogen and oxygen atoms in total. The monoisotopic (exact) mass is 244 g/mol. The van der Waals surface area contributed by atoms with Gasteiger partial charge in [0.25, 0.3) is 0 Å². The van der Waals surface area contributed by atoms with Gasteiger partial charge in [0.2, 0.25) is 0 Å². The number of carbonyl (C=O) groups excluding carboxylic acids is 4. The van der Waals surface area contributed by atoms with Crippen LogP contribution in [0.1, 0.15) is 20.3 Å². The lowest BCUT2D eigenvalue weighted by atomic mass is 10.4. The summed E-state index contributed by atoms with van der Waals surface area (Å²) in [6.07, 6.45) is -0.000428. The van der Waals surface area contributed by atoms with Gasteiger partial charge < -0.3 is 15.4 Å². The van der Waals surface area contributed by atoms with Crippen LogP contribution in [-0.2, 0) is 23.9 Å². The Morgan fingerprint density at radius 3 is 2.18 bits per heavy atom. The van der Waals surface area contributed by atoms with E-state index in [1.54, 1.807) is 6.92 Å². The molecule has 0 heterocycles. The summed E-state index contributed by atoms with van der Waals surface area (Å²) in [4.78, 5) is 43.6. The molecule has 2 amide bonds. The summed E-state index contributed by atoms with van der Waals surface area (Å²) in [5.74, 6) is -2.48. The Morgan fingerprint density at radius 2 is 1.65 bits per heavy atom. The van der Waals surface area contributed by atoms with E-state index in [0.717, 1.165) is 0 Å². The van der Waals surface area contributed by atoms with Gasteiger partial charge in [-0.1, -0.05) is 0 Å². The van der Waals surface area contributed by atoms with Crippen molar-refractivity contribution in [1.29, 1.82) is 0 Å². The van der Waals surface area contributed by atoms with Gasteiger partial charge in [-0.15, -0.1) is 0 Å². The quantitative estimate of drug-likeness (QED) is 0.449. The number of rotatable bonds is 6. The summed E-state index contributed by atoms with van der Waals surface area (Å²) in [7, 11) is 0.